The van der Waals surface area contributed by atoms with Crippen molar-refractivity contribution in [1.82, 2.24) is 0 Å². The summed E-state index contributed by atoms with van der Waals surface area (Å²) in [5.41, 5.74) is 0. The highest BCUT2D eigenvalue weighted by Gasteiger charge is 2.34. The number of hydrogen-bond acceptors (Lipinski definition) is 1. The molecule has 5 rings (SSSR count). The molecule has 1 nitrogen and oxygen atoms in total. The highest BCUT2D eigenvalue weighted by molar-refractivity contribution is 7.88. The van der Waals surface area contributed by atoms with E-state index in [0.717, 1.165) is 21.2 Å². The third-order valence-corrected chi connectivity index (χ3v) is 11.5. The first kappa shape index (κ1) is 21.6. The zero-order valence-corrected chi connectivity index (χ0v) is 19.9. The molecule has 0 amide bonds. The maximum atomic E-state index is 15.2. The Labute approximate surface area is 196 Å². The van der Waals surface area contributed by atoms with Gasteiger partial charge in [-0.2, -0.15) is 0 Å². The average Bonchev–Trinajstić information content (AvgIpc) is 2.91. The van der Waals surface area contributed by atoms with Crippen molar-refractivity contribution < 1.29 is 4.57 Å². The maximum absolute atomic E-state index is 15.2. The van der Waals surface area contributed by atoms with Crippen LogP contribution in [-0.4, -0.2) is 0 Å². The summed E-state index contributed by atoms with van der Waals surface area (Å²) in [6.45, 7) is 0. The Bertz CT molecular complexity index is 1290. The van der Waals surface area contributed by atoms with Crippen LogP contribution in [0.2, 0.25) is 0 Å². The summed E-state index contributed by atoms with van der Waals surface area (Å²) in [6, 6.07) is 49.4. The third-order valence-electron chi connectivity index (χ3n) is 5.73. The van der Waals surface area contributed by atoms with Gasteiger partial charge in [-0.05, 0) is 23.8 Å². The molecule has 3 heteroatoms. The fraction of sp³-hybridized carbons (Fsp3) is 0. The minimum absolute atomic E-state index is 0.861. The van der Waals surface area contributed by atoms with E-state index in [0.29, 0.717) is 0 Å². The maximum Gasteiger partial charge on any atom is 0.171 e. The molecular formula is C30H24OP2. The van der Waals surface area contributed by atoms with Crippen LogP contribution in [0.1, 0.15) is 0 Å². The summed E-state index contributed by atoms with van der Waals surface area (Å²) in [5.74, 6) is 0. The molecule has 0 spiro atoms. The molecule has 0 bridgehead atoms. The van der Waals surface area contributed by atoms with Crippen molar-refractivity contribution in [2.24, 2.45) is 0 Å². The molecular weight excluding hydrogens is 438 g/mol. The van der Waals surface area contributed by atoms with E-state index in [1.807, 2.05) is 78.9 Å². The van der Waals surface area contributed by atoms with Crippen LogP contribution in [0.4, 0.5) is 0 Å². The van der Waals surface area contributed by atoms with Gasteiger partial charge in [0.2, 0.25) is 0 Å². The fourth-order valence-electron chi connectivity index (χ4n) is 4.20. The second-order valence-corrected chi connectivity index (χ2v) is 12.7. The average molecular weight is 462 g/mol. The molecule has 0 radical (unpaired) electrons. The van der Waals surface area contributed by atoms with Crippen molar-refractivity contribution in [2.45, 2.75) is 0 Å². The second kappa shape index (κ2) is 9.72. The van der Waals surface area contributed by atoms with Crippen molar-refractivity contribution in [2.75, 3.05) is 0 Å². The van der Waals surface area contributed by atoms with Crippen molar-refractivity contribution in [3.63, 3.8) is 0 Å². The second-order valence-electron chi connectivity index (χ2n) is 7.78. The molecule has 0 saturated heterocycles. The molecule has 0 aliphatic carbocycles. The van der Waals surface area contributed by atoms with Crippen molar-refractivity contribution in [1.29, 1.82) is 0 Å². The first-order chi connectivity index (χ1) is 16.3. The van der Waals surface area contributed by atoms with Gasteiger partial charge >= 0.3 is 0 Å². The van der Waals surface area contributed by atoms with Crippen LogP contribution in [0, 0.1) is 0 Å². The van der Waals surface area contributed by atoms with Gasteiger partial charge in [0.25, 0.3) is 0 Å². The van der Waals surface area contributed by atoms with E-state index in [4.69, 9.17) is 0 Å². The number of benzene rings is 5. The Kier molecular flexibility index (Phi) is 6.36. The van der Waals surface area contributed by atoms with E-state index < -0.39 is 15.1 Å². The SMILES string of the molecule is O=P(c1ccccc1)(c1ccccc1)c1ccccc1P(c1ccccc1)c1ccccc1. The van der Waals surface area contributed by atoms with E-state index in [9.17, 15) is 0 Å². The topological polar surface area (TPSA) is 17.1 Å². The highest BCUT2D eigenvalue weighted by Crippen LogP contribution is 2.45. The molecule has 5 aromatic carbocycles. The lowest BCUT2D eigenvalue weighted by molar-refractivity contribution is 0.592. The molecule has 0 atom stereocenters. The predicted molar refractivity (Wildman–Crippen MR) is 145 cm³/mol. The molecule has 0 saturated carbocycles. The molecule has 0 aliphatic rings. The van der Waals surface area contributed by atoms with E-state index in [1.54, 1.807) is 0 Å². The Balaban J connectivity index is 1.81. The largest absolute Gasteiger partial charge is 0.309 e. The summed E-state index contributed by atoms with van der Waals surface area (Å²) >= 11 is 0. The molecule has 160 valence electrons. The summed E-state index contributed by atoms with van der Waals surface area (Å²) in [7, 11) is -3.98. The van der Waals surface area contributed by atoms with Crippen LogP contribution in [0.25, 0.3) is 0 Å². The molecule has 0 N–H and O–H groups in total. The molecule has 33 heavy (non-hydrogen) atoms. The standard InChI is InChI=1S/C30H24OP2/c31-33(27-19-9-3-10-20-27,28-21-11-4-12-22-28)30-24-14-13-23-29(30)32(25-15-5-1-6-16-25)26-17-7-2-8-18-26/h1-24H. The third kappa shape index (κ3) is 4.23. The smallest absolute Gasteiger partial charge is 0.171 e. The van der Waals surface area contributed by atoms with Gasteiger partial charge in [0, 0.05) is 15.9 Å². The fourth-order valence-corrected chi connectivity index (χ4v) is 9.99. The van der Waals surface area contributed by atoms with E-state index in [-0.39, 0.29) is 0 Å². The lowest BCUT2D eigenvalue weighted by atomic mass is 10.3. The van der Waals surface area contributed by atoms with Crippen LogP contribution in [-0.2, 0) is 4.57 Å². The van der Waals surface area contributed by atoms with Gasteiger partial charge in [0.05, 0.1) is 0 Å². The lowest BCUT2D eigenvalue weighted by Gasteiger charge is -2.27. The first-order valence-corrected chi connectivity index (χ1v) is 14.0. The van der Waals surface area contributed by atoms with Crippen molar-refractivity contribution in [3.8, 4) is 0 Å². The van der Waals surface area contributed by atoms with Crippen molar-refractivity contribution in [3.05, 3.63) is 146 Å². The summed E-state index contributed by atoms with van der Waals surface area (Å²) < 4.78 is 15.2. The molecule has 0 aliphatic heterocycles. The van der Waals surface area contributed by atoms with Gasteiger partial charge in [-0.15, -0.1) is 0 Å². The Morgan fingerprint density at radius 1 is 0.424 bits per heavy atom. The molecule has 0 fully saturated rings. The normalized spacial score (nSPS) is 11.4. The number of hydrogen-bond donors (Lipinski definition) is 0. The molecule has 0 aromatic heterocycles. The van der Waals surface area contributed by atoms with Gasteiger partial charge in [0.15, 0.2) is 7.14 Å². The van der Waals surface area contributed by atoms with Gasteiger partial charge in [-0.1, -0.05) is 146 Å². The van der Waals surface area contributed by atoms with Gasteiger partial charge < -0.3 is 4.57 Å². The van der Waals surface area contributed by atoms with Crippen LogP contribution in [0.5, 0.6) is 0 Å². The first-order valence-electron chi connectivity index (χ1n) is 11.0. The Morgan fingerprint density at radius 3 is 1.24 bits per heavy atom. The zero-order chi connectivity index (χ0) is 22.5. The monoisotopic (exact) mass is 462 g/mol. The van der Waals surface area contributed by atoms with E-state index >= 15 is 4.57 Å². The number of rotatable bonds is 6. The summed E-state index contributed by atoms with van der Waals surface area (Å²) in [6.07, 6.45) is 0. The highest BCUT2D eigenvalue weighted by atomic mass is 31.2. The molecule has 5 aromatic rings. The van der Waals surface area contributed by atoms with Gasteiger partial charge in [0.1, 0.15) is 0 Å². The summed E-state index contributed by atoms with van der Waals surface area (Å²) in [4.78, 5) is 0. The van der Waals surface area contributed by atoms with Crippen LogP contribution < -0.4 is 31.8 Å². The molecule has 0 unspecified atom stereocenters. The van der Waals surface area contributed by atoms with Gasteiger partial charge in [-0.3, -0.25) is 0 Å². The minimum Gasteiger partial charge on any atom is -0.309 e. The lowest BCUT2D eigenvalue weighted by Crippen LogP contribution is -2.36. The zero-order valence-electron chi connectivity index (χ0n) is 18.2. The van der Waals surface area contributed by atoms with Crippen molar-refractivity contribution >= 4 is 46.9 Å². The quantitative estimate of drug-likeness (QED) is 0.322. The summed E-state index contributed by atoms with van der Waals surface area (Å²) in [5, 5.41) is 6.28. The van der Waals surface area contributed by atoms with Crippen LogP contribution in [0.15, 0.2) is 146 Å². The Morgan fingerprint density at radius 2 is 0.788 bits per heavy atom. The van der Waals surface area contributed by atoms with Crippen LogP contribution in [0.3, 0.4) is 0 Å². The Hall–Kier alpha value is -3.24. The minimum atomic E-state index is -3.09. The molecule has 0 heterocycles. The van der Waals surface area contributed by atoms with E-state index in [1.165, 1.54) is 10.6 Å². The van der Waals surface area contributed by atoms with E-state index in [2.05, 4.69) is 66.7 Å². The predicted octanol–water partition coefficient (Wildman–Crippen LogP) is 5.08. The van der Waals surface area contributed by atoms with Crippen LogP contribution >= 0.6 is 15.1 Å². The van der Waals surface area contributed by atoms with Gasteiger partial charge in [-0.25, -0.2) is 0 Å².